The number of rotatable bonds is 7. The third kappa shape index (κ3) is 4.32. The topological polar surface area (TPSA) is 47.4 Å². The summed E-state index contributed by atoms with van der Waals surface area (Å²) in [5.41, 5.74) is 3.43. The van der Waals surface area contributed by atoms with Gasteiger partial charge in [0.2, 0.25) is 5.91 Å². The fourth-order valence-electron chi connectivity index (χ4n) is 2.95. The highest BCUT2D eigenvalue weighted by Crippen LogP contribution is 2.17. The standard InChI is InChI=1S/C17H29N3O2/c1-13-14(2)18-20(15(13)3)11-9-17(21)19(4)10-5-7-16-8-6-12-22-16/h16H,5-12H2,1-4H3. The van der Waals surface area contributed by atoms with Crippen LogP contribution in [0, 0.1) is 20.8 Å². The Labute approximate surface area is 133 Å². The normalized spacial score (nSPS) is 17.9. The summed E-state index contributed by atoms with van der Waals surface area (Å²) in [5.74, 6) is 0.192. The molecular formula is C17H29N3O2. The second kappa shape index (κ2) is 7.77. The smallest absolute Gasteiger partial charge is 0.224 e. The van der Waals surface area contributed by atoms with E-state index in [9.17, 15) is 4.79 Å². The van der Waals surface area contributed by atoms with E-state index in [4.69, 9.17) is 4.74 Å². The number of hydrogen-bond acceptors (Lipinski definition) is 3. The van der Waals surface area contributed by atoms with Crippen LogP contribution in [0.25, 0.3) is 0 Å². The number of carbonyl (C=O) groups is 1. The van der Waals surface area contributed by atoms with Gasteiger partial charge in [-0.3, -0.25) is 9.48 Å². The van der Waals surface area contributed by atoms with Gasteiger partial charge in [0.15, 0.2) is 0 Å². The van der Waals surface area contributed by atoms with Crippen LogP contribution in [-0.2, 0) is 16.1 Å². The molecule has 0 aromatic carbocycles. The maximum Gasteiger partial charge on any atom is 0.224 e. The van der Waals surface area contributed by atoms with Crippen LogP contribution in [-0.4, -0.2) is 46.9 Å². The summed E-state index contributed by atoms with van der Waals surface area (Å²) in [6, 6.07) is 0. The van der Waals surface area contributed by atoms with Crippen molar-refractivity contribution < 1.29 is 9.53 Å². The molecule has 1 aromatic heterocycles. The SMILES string of the molecule is Cc1nn(CCC(=O)N(C)CCCC2CCCO2)c(C)c1C. The van der Waals surface area contributed by atoms with E-state index in [0.717, 1.165) is 37.4 Å². The number of aromatic nitrogens is 2. The predicted molar refractivity (Wildman–Crippen MR) is 86.9 cm³/mol. The van der Waals surface area contributed by atoms with Crippen LogP contribution < -0.4 is 0 Å². The van der Waals surface area contributed by atoms with E-state index in [1.165, 1.54) is 18.4 Å². The number of aryl methyl sites for hydroxylation is 2. The van der Waals surface area contributed by atoms with Crippen molar-refractivity contribution in [1.82, 2.24) is 14.7 Å². The van der Waals surface area contributed by atoms with Gasteiger partial charge in [-0.1, -0.05) is 0 Å². The van der Waals surface area contributed by atoms with Crippen LogP contribution in [0.1, 0.15) is 49.1 Å². The molecule has 1 unspecified atom stereocenters. The third-order valence-electron chi connectivity index (χ3n) is 4.75. The van der Waals surface area contributed by atoms with Crippen LogP contribution in [0.5, 0.6) is 0 Å². The quantitative estimate of drug-likeness (QED) is 0.778. The van der Waals surface area contributed by atoms with Crippen molar-refractivity contribution in [1.29, 1.82) is 0 Å². The molecule has 1 aliphatic heterocycles. The maximum atomic E-state index is 12.2. The van der Waals surface area contributed by atoms with Gasteiger partial charge in [0, 0.05) is 38.9 Å². The summed E-state index contributed by atoms with van der Waals surface area (Å²) in [4.78, 5) is 14.0. The summed E-state index contributed by atoms with van der Waals surface area (Å²) >= 11 is 0. The van der Waals surface area contributed by atoms with Crippen LogP contribution in [0.15, 0.2) is 0 Å². The van der Waals surface area contributed by atoms with Gasteiger partial charge >= 0.3 is 0 Å². The number of amides is 1. The van der Waals surface area contributed by atoms with E-state index in [0.29, 0.717) is 19.1 Å². The van der Waals surface area contributed by atoms with E-state index >= 15 is 0 Å². The van der Waals surface area contributed by atoms with Gasteiger partial charge in [-0.2, -0.15) is 5.10 Å². The Kier molecular flexibility index (Phi) is 6.00. The lowest BCUT2D eigenvalue weighted by atomic mass is 10.1. The summed E-state index contributed by atoms with van der Waals surface area (Å²) in [6.07, 6.45) is 5.37. The van der Waals surface area contributed by atoms with E-state index in [2.05, 4.69) is 18.9 Å². The Hall–Kier alpha value is -1.36. The minimum Gasteiger partial charge on any atom is -0.378 e. The molecule has 5 heteroatoms. The van der Waals surface area contributed by atoms with Gasteiger partial charge in [0.1, 0.15) is 0 Å². The number of hydrogen-bond donors (Lipinski definition) is 0. The van der Waals surface area contributed by atoms with Crippen molar-refractivity contribution >= 4 is 5.91 Å². The second-order valence-electron chi connectivity index (χ2n) is 6.36. The largest absolute Gasteiger partial charge is 0.378 e. The second-order valence-corrected chi connectivity index (χ2v) is 6.36. The molecule has 1 atom stereocenters. The molecule has 124 valence electrons. The lowest BCUT2D eigenvalue weighted by Crippen LogP contribution is -2.29. The molecule has 22 heavy (non-hydrogen) atoms. The van der Waals surface area contributed by atoms with Crippen LogP contribution in [0.2, 0.25) is 0 Å². The zero-order valence-electron chi connectivity index (χ0n) is 14.4. The average Bonchev–Trinajstić information content (AvgIpc) is 3.09. The van der Waals surface area contributed by atoms with Crippen LogP contribution >= 0.6 is 0 Å². The minimum absolute atomic E-state index is 0.192. The van der Waals surface area contributed by atoms with Crippen LogP contribution in [0.3, 0.4) is 0 Å². The first-order chi connectivity index (χ1) is 10.5. The molecule has 0 spiro atoms. The van der Waals surface area contributed by atoms with Gasteiger partial charge < -0.3 is 9.64 Å². The molecule has 2 rings (SSSR count). The van der Waals surface area contributed by atoms with Gasteiger partial charge in [0.05, 0.1) is 11.8 Å². The first kappa shape index (κ1) is 17.0. The van der Waals surface area contributed by atoms with E-state index < -0.39 is 0 Å². The summed E-state index contributed by atoms with van der Waals surface area (Å²) in [7, 11) is 1.89. The van der Waals surface area contributed by atoms with Crippen molar-refractivity contribution in [3.8, 4) is 0 Å². The van der Waals surface area contributed by atoms with Gasteiger partial charge in [-0.05, 0) is 52.0 Å². The molecule has 1 aliphatic rings. The minimum atomic E-state index is 0.192. The summed E-state index contributed by atoms with van der Waals surface area (Å²) in [5, 5.41) is 4.48. The van der Waals surface area contributed by atoms with Crippen molar-refractivity contribution in [3.63, 3.8) is 0 Å². The Morgan fingerprint density at radius 1 is 1.41 bits per heavy atom. The fourth-order valence-corrected chi connectivity index (χ4v) is 2.95. The number of carbonyl (C=O) groups excluding carboxylic acids is 1. The molecule has 1 aromatic rings. The Morgan fingerprint density at radius 3 is 2.77 bits per heavy atom. The molecular weight excluding hydrogens is 278 g/mol. The Bertz CT molecular complexity index is 504. The van der Waals surface area contributed by atoms with Gasteiger partial charge in [-0.15, -0.1) is 0 Å². The molecule has 0 bridgehead atoms. The van der Waals surface area contributed by atoms with Crippen molar-refractivity contribution in [2.75, 3.05) is 20.2 Å². The first-order valence-corrected chi connectivity index (χ1v) is 8.35. The van der Waals surface area contributed by atoms with E-state index in [1.807, 2.05) is 23.6 Å². The zero-order chi connectivity index (χ0) is 16.1. The number of nitrogens with zero attached hydrogens (tertiary/aromatic N) is 3. The van der Waals surface area contributed by atoms with Crippen molar-refractivity contribution in [2.45, 2.75) is 65.5 Å². The van der Waals surface area contributed by atoms with Crippen molar-refractivity contribution in [3.05, 3.63) is 17.0 Å². The zero-order valence-corrected chi connectivity index (χ0v) is 14.4. The lowest BCUT2D eigenvalue weighted by Gasteiger charge is -2.18. The molecule has 5 nitrogen and oxygen atoms in total. The van der Waals surface area contributed by atoms with E-state index in [-0.39, 0.29) is 5.91 Å². The molecule has 2 heterocycles. The Morgan fingerprint density at radius 2 is 2.18 bits per heavy atom. The highest BCUT2D eigenvalue weighted by molar-refractivity contribution is 5.75. The van der Waals surface area contributed by atoms with E-state index in [1.54, 1.807) is 0 Å². The molecule has 1 amide bonds. The highest BCUT2D eigenvalue weighted by Gasteiger charge is 2.16. The fraction of sp³-hybridized carbons (Fsp3) is 0.765. The predicted octanol–water partition coefficient (Wildman–Crippen LogP) is 2.62. The van der Waals surface area contributed by atoms with Crippen LogP contribution in [0.4, 0.5) is 0 Å². The maximum absolute atomic E-state index is 12.2. The molecule has 1 saturated heterocycles. The lowest BCUT2D eigenvalue weighted by molar-refractivity contribution is -0.130. The summed E-state index contributed by atoms with van der Waals surface area (Å²) in [6.45, 7) is 8.53. The molecule has 0 aliphatic carbocycles. The monoisotopic (exact) mass is 307 g/mol. The van der Waals surface area contributed by atoms with Gasteiger partial charge in [-0.25, -0.2) is 0 Å². The third-order valence-corrected chi connectivity index (χ3v) is 4.75. The van der Waals surface area contributed by atoms with Crippen molar-refractivity contribution in [2.24, 2.45) is 0 Å². The first-order valence-electron chi connectivity index (χ1n) is 8.35. The molecule has 0 N–H and O–H groups in total. The average molecular weight is 307 g/mol. The highest BCUT2D eigenvalue weighted by atomic mass is 16.5. The molecule has 0 radical (unpaired) electrons. The molecule has 0 saturated carbocycles. The number of ether oxygens (including phenoxy) is 1. The summed E-state index contributed by atoms with van der Waals surface area (Å²) < 4.78 is 7.56. The molecule has 1 fully saturated rings. The van der Waals surface area contributed by atoms with Gasteiger partial charge in [0.25, 0.3) is 0 Å². The Balaban J connectivity index is 1.70.